The standard InChI is InChI=1S/C22H22N2O6S/c1-15-5-7-19(10-16(15)2)31(26,27)24(12-18-4-3-9-28-18)13-22(25)23-17-6-8-20-21(11-17)30-14-29-20/h3-11H,12-14H2,1-2H3,(H,23,25). The van der Waals surface area contributed by atoms with Crippen LogP contribution in [0.5, 0.6) is 11.5 Å². The number of ether oxygens (including phenoxy) is 2. The number of carbonyl (C=O) groups excluding carboxylic acids is 1. The fraction of sp³-hybridized carbons (Fsp3) is 0.227. The molecule has 0 fully saturated rings. The number of amides is 1. The lowest BCUT2D eigenvalue weighted by atomic mass is 10.1. The topological polar surface area (TPSA) is 98.1 Å². The Morgan fingerprint density at radius 3 is 2.58 bits per heavy atom. The predicted octanol–water partition coefficient (Wildman–Crippen LogP) is 3.45. The fourth-order valence-corrected chi connectivity index (χ4v) is 4.61. The molecule has 1 aliphatic rings. The molecule has 4 rings (SSSR count). The summed E-state index contributed by atoms with van der Waals surface area (Å²) in [6, 6.07) is 13.2. The van der Waals surface area contributed by atoms with Crippen LogP contribution in [-0.2, 0) is 21.4 Å². The number of hydrogen-bond donors (Lipinski definition) is 1. The van der Waals surface area contributed by atoms with Crippen LogP contribution in [0.1, 0.15) is 16.9 Å². The van der Waals surface area contributed by atoms with Gasteiger partial charge in [-0.25, -0.2) is 8.42 Å². The SMILES string of the molecule is Cc1ccc(S(=O)(=O)N(CC(=O)Nc2ccc3c(c2)OCO3)Cc2ccco2)cc1C. The molecule has 0 aliphatic carbocycles. The van der Waals surface area contributed by atoms with Crippen LogP contribution in [0.15, 0.2) is 64.1 Å². The van der Waals surface area contributed by atoms with E-state index in [1.165, 1.54) is 6.26 Å². The van der Waals surface area contributed by atoms with Gasteiger partial charge in [0.2, 0.25) is 22.7 Å². The van der Waals surface area contributed by atoms with Gasteiger partial charge in [-0.2, -0.15) is 4.31 Å². The summed E-state index contributed by atoms with van der Waals surface area (Å²) < 4.78 is 43.7. The van der Waals surface area contributed by atoms with E-state index in [0.717, 1.165) is 15.4 Å². The molecule has 0 radical (unpaired) electrons. The molecule has 31 heavy (non-hydrogen) atoms. The van der Waals surface area contributed by atoms with Crippen LogP contribution in [0.4, 0.5) is 5.69 Å². The lowest BCUT2D eigenvalue weighted by Crippen LogP contribution is -2.37. The molecule has 0 bridgehead atoms. The molecule has 0 unspecified atom stereocenters. The molecule has 162 valence electrons. The van der Waals surface area contributed by atoms with Gasteiger partial charge in [0.05, 0.1) is 24.2 Å². The summed E-state index contributed by atoms with van der Waals surface area (Å²) in [7, 11) is -3.95. The zero-order valence-corrected chi connectivity index (χ0v) is 17.9. The van der Waals surface area contributed by atoms with E-state index in [0.29, 0.717) is 22.9 Å². The molecule has 2 aromatic carbocycles. The molecule has 1 aliphatic heterocycles. The van der Waals surface area contributed by atoms with E-state index in [4.69, 9.17) is 13.9 Å². The first-order valence-corrected chi connectivity index (χ1v) is 11.1. The van der Waals surface area contributed by atoms with Crippen molar-refractivity contribution >= 4 is 21.6 Å². The maximum absolute atomic E-state index is 13.3. The lowest BCUT2D eigenvalue weighted by Gasteiger charge is -2.21. The first kappa shape index (κ1) is 21.0. The number of rotatable bonds is 7. The van der Waals surface area contributed by atoms with Crippen molar-refractivity contribution in [1.29, 1.82) is 0 Å². The molecular formula is C22H22N2O6S. The van der Waals surface area contributed by atoms with Crippen molar-refractivity contribution < 1.29 is 27.1 Å². The minimum atomic E-state index is -3.95. The second-order valence-corrected chi connectivity index (χ2v) is 9.15. The van der Waals surface area contributed by atoms with E-state index in [1.807, 2.05) is 13.8 Å². The average molecular weight is 442 g/mol. The molecule has 9 heteroatoms. The number of nitrogens with one attached hydrogen (secondary N) is 1. The molecular weight excluding hydrogens is 420 g/mol. The molecule has 1 amide bonds. The van der Waals surface area contributed by atoms with Gasteiger partial charge in [0.1, 0.15) is 5.76 Å². The molecule has 0 atom stereocenters. The Bertz CT molecular complexity index is 1200. The Kier molecular flexibility index (Phi) is 5.71. The Labute approximate surface area is 180 Å². The highest BCUT2D eigenvalue weighted by Crippen LogP contribution is 2.34. The van der Waals surface area contributed by atoms with Crippen LogP contribution in [0.3, 0.4) is 0 Å². The summed E-state index contributed by atoms with van der Waals surface area (Å²) >= 11 is 0. The largest absolute Gasteiger partial charge is 0.468 e. The zero-order valence-electron chi connectivity index (χ0n) is 17.1. The van der Waals surface area contributed by atoms with Gasteiger partial charge in [0.25, 0.3) is 0 Å². The zero-order chi connectivity index (χ0) is 22.0. The Morgan fingerprint density at radius 1 is 1.03 bits per heavy atom. The molecule has 1 N–H and O–H groups in total. The maximum atomic E-state index is 13.3. The Balaban J connectivity index is 1.57. The van der Waals surface area contributed by atoms with Crippen molar-refractivity contribution in [2.45, 2.75) is 25.3 Å². The number of aryl methyl sites for hydroxylation is 2. The van der Waals surface area contributed by atoms with Crippen LogP contribution >= 0.6 is 0 Å². The number of furan rings is 1. The van der Waals surface area contributed by atoms with Crippen molar-refractivity contribution in [3.05, 3.63) is 71.7 Å². The highest BCUT2D eigenvalue weighted by Gasteiger charge is 2.28. The minimum absolute atomic E-state index is 0.0726. The third-order valence-electron chi connectivity index (χ3n) is 5.00. The number of nitrogens with zero attached hydrogens (tertiary/aromatic N) is 1. The van der Waals surface area contributed by atoms with Crippen molar-refractivity contribution in [3.63, 3.8) is 0 Å². The molecule has 0 spiro atoms. The summed E-state index contributed by atoms with van der Waals surface area (Å²) in [6.45, 7) is 3.42. The van der Waals surface area contributed by atoms with Crippen LogP contribution in [-0.4, -0.2) is 32.0 Å². The minimum Gasteiger partial charge on any atom is -0.468 e. The van der Waals surface area contributed by atoms with E-state index >= 15 is 0 Å². The van der Waals surface area contributed by atoms with Crippen molar-refractivity contribution in [2.24, 2.45) is 0 Å². The van der Waals surface area contributed by atoms with E-state index in [-0.39, 0.29) is 24.8 Å². The number of fused-ring (bicyclic) bond motifs is 1. The second-order valence-electron chi connectivity index (χ2n) is 7.21. The van der Waals surface area contributed by atoms with E-state index in [1.54, 1.807) is 48.5 Å². The van der Waals surface area contributed by atoms with Crippen LogP contribution < -0.4 is 14.8 Å². The van der Waals surface area contributed by atoms with E-state index < -0.39 is 15.9 Å². The third-order valence-corrected chi connectivity index (χ3v) is 6.79. The van der Waals surface area contributed by atoms with Crippen molar-refractivity contribution in [2.75, 3.05) is 18.7 Å². The molecule has 2 heterocycles. The number of sulfonamides is 1. The van der Waals surface area contributed by atoms with Gasteiger partial charge in [0.15, 0.2) is 11.5 Å². The van der Waals surface area contributed by atoms with Gasteiger partial charge in [0, 0.05) is 11.8 Å². The predicted molar refractivity (Wildman–Crippen MR) is 113 cm³/mol. The maximum Gasteiger partial charge on any atom is 0.243 e. The molecule has 8 nitrogen and oxygen atoms in total. The number of carbonyl (C=O) groups is 1. The Morgan fingerprint density at radius 2 is 1.84 bits per heavy atom. The molecule has 1 aromatic heterocycles. The molecule has 0 saturated heterocycles. The van der Waals surface area contributed by atoms with Gasteiger partial charge in [-0.3, -0.25) is 4.79 Å². The Hall–Kier alpha value is -3.30. The van der Waals surface area contributed by atoms with Crippen LogP contribution in [0, 0.1) is 13.8 Å². The monoisotopic (exact) mass is 442 g/mol. The third kappa shape index (κ3) is 4.57. The first-order valence-electron chi connectivity index (χ1n) is 9.62. The van der Waals surface area contributed by atoms with Crippen LogP contribution in [0.25, 0.3) is 0 Å². The van der Waals surface area contributed by atoms with Gasteiger partial charge >= 0.3 is 0 Å². The van der Waals surface area contributed by atoms with Crippen molar-refractivity contribution in [1.82, 2.24) is 4.31 Å². The van der Waals surface area contributed by atoms with E-state index in [9.17, 15) is 13.2 Å². The second kappa shape index (κ2) is 8.44. The number of anilines is 1. The van der Waals surface area contributed by atoms with Crippen molar-refractivity contribution in [3.8, 4) is 11.5 Å². The summed E-state index contributed by atoms with van der Waals surface area (Å²) in [4.78, 5) is 12.9. The number of hydrogen-bond acceptors (Lipinski definition) is 6. The van der Waals surface area contributed by atoms with Gasteiger partial charge < -0.3 is 19.2 Å². The normalized spacial score (nSPS) is 12.9. The van der Waals surface area contributed by atoms with Gasteiger partial charge in [-0.15, -0.1) is 0 Å². The van der Waals surface area contributed by atoms with E-state index in [2.05, 4.69) is 5.32 Å². The quantitative estimate of drug-likeness (QED) is 0.602. The highest BCUT2D eigenvalue weighted by atomic mass is 32.2. The highest BCUT2D eigenvalue weighted by molar-refractivity contribution is 7.89. The summed E-state index contributed by atoms with van der Waals surface area (Å²) in [5.41, 5.74) is 2.32. The molecule has 0 saturated carbocycles. The van der Waals surface area contributed by atoms with Crippen LogP contribution in [0.2, 0.25) is 0 Å². The fourth-order valence-electron chi connectivity index (χ4n) is 3.16. The summed E-state index contributed by atoms with van der Waals surface area (Å²) in [5, 5.41) is 2.71. The summed E-state index contributed by atoms with van der Waals surface area (Å²) in [6.07, 6.45) is 1.46. The number of benzene rings is 2. The summed E-state index contributed by atoms with van der Waals surface area (Å²) in [5.74, 6) is 1.06. The smallest absolute Gasteiger partial charge is 0.243 e. The van der Waals surface area contributed by atoms with Gasteiger partial charge in [-0.1, -0.05) is 6.07 Å². The average Bonchev–Trinajstić information content (AvgIpc) is 3.40. The first-order chi connectivity index (χ1) is 14.8. The lowest BCUT2D eigenvalue weighted by molar-refractivity contribution is -0.116. The van der Waals surface area contributed by atoms with Gasteiger partial charge in [-0.05, 0) is 61.4 Å². The molecule has 3 aromatic rings.